The molecular weight excluding hydrogens is 153 g/mol. The highest BCUT2D eigenvalue weighted by Crippen LogP contribution is 2.40. The van der Waals surface area contributed by atoms with E-state index in [0.717, 1.165) is 12.0 Å². The van der Waals surface area contributed by atoms with Crippen LogP contribution in [0.3, 0.4) is 0 Å². The minimum absolute atomic E-state index is 0.162. The molecule has 0 bridgehead atoms. The third kappa shape index (κ3) is 1.23. The summed E-state index contributed by atoms with van der Waals surface area (Å²) in [6, 6.07) is 5.23. The molecule has 1 aliphatic carbocycles. The lowest BCUT2D eigenvalue weighted by atomic mass is 10.0. The van der Waals surface area contributed by atoms with Gasteiger partial charge in [0.05, 0.1) is 0 Å². The van der Waals surface area contributed by atoms with Crippen LogP contribution in [0.25, 0.3) is 0 Å². The van der Waals surface area contributed by atoms with Crippen LogP contribution in [0.2, 0.25) is 0 Å². The average Bonchev–Trinajstić information content (AvgIpc) is 2.66. The van der Waals surface area contributed by atoms with E-state index in [2.05, 4.69) is 0 Å². The van der Waals surface area contributed by atoms with Crippen LogP contribution in [0.5, 0.6) is 0 Å². The highest BCUT2D eigenvalue weighted by molar-refractivity contribution is 5.35. The molecule has 0 unspecified atom stereocenters. The average molecular weight is 165 g/mol. The number of benzene rings is 1. The maximum Gasteiger partial charge on any atom is 0.123 e. The maximum atomic E-state index is 12.7. The zero-order valence-electron chi connectivity index (χ0n) is 7.05. The third-order valence-corrected chi connectivity index (χ3v) is 2.47. The lowest BCUT2D eigenvalue weighted by molar-refractivity contribution is 0.625. The van der Waals surface area contributed by atoms with Crippen LogP contribution >= 0.6 is 0 Å². The highest BCUT2D eigenvalue weighted by Gasteiger charge is 2.35. The second kappa shape index (κ2) is 2.56. The fraction of sp³-hybridized carbons (Fsp3) is 0.400. The summed E-state index contributed by atoms with van der Waals surface area (Å²) in [5.41, 5.74) is 7.94. The summed E-state index contributed by atoms with van der Waals surface area (Å²) in [5, 5.41) is 0. The van der Waals surface area contributed by atoms with Crippen molar-refractivity contribution in [3.63, 3.8) is 0 Å². The van der Waals surface area contributed by atoms with Gasteiger partial charge in [-0.3, -0.25) is 0 Å². The molecule has 2 N–H and O–H groups in total. The number of halogens is 1. The zero-order chi connectivity index (χ0) is 8.72. The van der Waals surface area contributed by atoms with E-state index < -0.39 is 0 Å². The summed E-state index contributed by atoms with van der Waals surface area (Å²) in [6.45, 7) is 1.93. The van der Waals surface area contributed by atoms with Crippen molar-refractivity contribution in [2.45, 2.75) is 25.3 Å². The Morgan fingerprint density at radius 2 is 2.17 bits per heavy atom. The van der Waals surface area contributed by atoms with Crippen molar-refractivity contribution in [3.8, 4) is 0 Å². The topological polar surface area (TPSA) is 26.0 Å². The van der Waals surface area contributed by atoms with E-state index in [9.17, 15) is 4.39 Å². The molecule has 1 aromatic carbocycles. The minimum Gasteiger partial charge on any atom is -0.327 e. The Balaban J connectivity index is 2.33. The van der Waals surface area contributed by atoms with E-state index in [1.165, 1.54) is 11.6 Å². The third-order valence-electron chi connectivity index (χ3n) is 2.47. The SMILES string of the molecule is Cc1cc(F)ccc1[C@@H]1C[C@@H]1N. The first kappa shape index (κ1) is 7.74. The molecule has 0 saturated heterocycles. The molecule has 1 fully saturated rings. The molecule has 2 rings (SSSR count). The van der Waals surface area contributed by atoms with Gasteiger partial charge in [0.15, 0.2) is 0 Å². The molecular formula is C10H12FN. The van der Waals surface area contributed by atoms with Gasteiger partial charge in [-0.25, -0.2) is 4.39 Å². The smallest absolute Gasteiger partial charge is 0.123 e. The summed E-state index contributed by atoms with van der Waals surface area (Å²) >= 11 is 0. The Kier molecular flexibility index (Phi) is 1.65. The van der Waals surface area contributed by atoms with Crippen molar-refractivity contribution in [2.24, 2.45) is 5.73 Å². The summed E-state index contributed by atoms with van der Waals surface area (Å²) in [4.78, 5) is 0. The van der Waals surface area contributed by atoms with Crippen molar-refractivity contribution >= 4 is 0 Å². The normalized spacial score (nSPS) is 27.2. The van der Waals surface area contributed by atoms with Gasteiger partial charge in [-0.05, 0) is 36.6 Å². The van der Waals surface area contributed by atoms with Gasteiger partial charge in [0.1, 0.15) is 5.82 Å². The molecule has 1 aromatic rings. The van der Waals surface area contributed by atoms with Crippen LogP contribution in [0.15, 0.2) is 18.2 Å². The maximum absolute atomic E-state index is 12.7. The monoisotopic (exact) mass is 165 g/mol. The zero-order valence-corrected chi connectivity index (χ0v) is 7.05. The molecule has 1 aliphatic rings. The first-order valence-corrected chi connectivity index (χ1v) is 4.20. The number of hydrogen-bond acceptors (Lipinski definition) is 1. The van der Waals surface area contributed by atoms with Gasteiger partial charge in [0.2, 0.25) is 0 Å². The van der Waals surface area contributed by atoms with Crippen LogP contribution in [0.1, 0.15) is 23.5 Å². The molecule has 0 aliphatic heterocycles. The summed E-state index contributed by atoms with van der Waals surface area (Å²) in [5.74, 6) is 0.316. The molecule has 2 atom stereocenters. The Labute approximate surface area is 71.4 Å². The van der Waals surface area contributed by atoms with Crippen LogP contribution in [-0.4, -0.2) is 6.04 Å². The van der Waals surface area contributed by atoms with Crippen LogP contribution < -0.4 is 5.73 Å². The molecule has 0 spiro atoms. The molecule has 0 aromatic heterocycles. The van der Waals surface area contributed by atoms with E-state index in [0.29, 0.717) is 12.0 Å². The largest absolute Gasteiger partial charge is 0.327 e. The molecule has 0 amide bonds. The van der Waals surface area contributed by atoms with Crippen molar-refractivity contribution in [3.05, 3.63) is 35.1 Å². The van der Waals surface area contributed by atoms with Crippen molar-refractivity contribution in [1.29, 1.82) is 0 Å². The predicted molar refractivity (Wildman–Crippen MR) is 46.5 cm³/mol. The van der Waals surface area contributed by atoms with Gasteiger partial charge < -0.3 is 5.73 Å². The van der Waals surface area contributed by atoms with Gasteiger partial charge in [-0.15, -0.1) is 0 Å². The van der Waals surface area contributed by atoms with Crippen molar-refractivity contribution in [1.82, 2.24) is 0 Å². The molecule has 12 heavy (non-hydrogen) atoms. The molecule has 1 nitrogen and oxygen atoms in total. The first-order chi connectivity index (χ1) is 5.68. The van der Waals surface area contributed by atoms with Gasteiger partial charge in [0, 0.05) is 12.0 Å². The second-order valence-corrected chi connectivity index (χ2v) is 3.51. The van der Waals surface area contributed by atoms with E-state index in [4.69, 9.17) is 5.73 Å². The van der Waals surface area contributed by atoms with E-state index >= 15 is 0 Å². The number of rotatable bonds is 1. The number of aryl methyl sites for hydroxylation is 1. The second-order valence-electron chi connectivity index (χ2n) is 3.51. The fourth-order valence-electron chi connectivity index (χ4n) is 1.63. The van der Waals surface area contributed by atoms with Gasteiger partial charge in [-0.1, -0.05) is 6.07 Å². The Morgan fingerprint density at radius 1 is 1.50 bits per heavy atom. The summed E-state index contributed by atoms with van der Waals surface area (Å²) < 4.78 is 12.7. The van der Waals surface area contributed by atoms with Gasteiger partial charge >= 0.3 is 0 Å². The van der Waals surface area contributed by atoms with Crippen LogP contribution in [-0.2, 0) is 0 Å². The van der Waals surface area contributed by atoms with Crippen molar-refractivity contribution in [2.75, 3.05) is 0 Å². The van der Waals surface area contributed by atoms with Gasteiger partial charge in [-0.2, -0.15) is 0 Å². The Morgan fingerprint density at radius 3 is 2.67 bits per heavy atom. The summed E-state index contributed by atoms with van der Waals surface area (Å²) in [7, 11) is 0. The lowest BCUT2D eigenvalue weighted by Crippen LogP contribution is -2.02. The standard InChI is InChI=1S/C10H12FN/c1-6-4-7(11)2-3-8(6)9-5-10(9)12/h2-4,9-10H,5,12H2,1H3/t9-,10-/m0/s1. The minimum atomic E-state index is -0.162. The molecule has 2 heteroatoms. The number of nitrogens with two attached hydrogens (primary N) is 1. The van der Waals surface area contributed by atoms with Gasteiger partial charge in [0.25, 0.3) is 0 Å². The van der Waals surface area contributed by atoms with Crippen LogP contribution in [0.4, 0.5) is 4.39 Å². The highest BCUT2D eigenvalue weighted by atomic mass is 19.1. The molecule has 0 heterocycles. The molecule has 64 valence electrons. The predicted octanol–water partition coefficient (Wildman–Crippen LogP) is 1.95. The van der Waals surface area contributed by atoms with E-state index in [-0.39, 0.29) is 5.82 Å². The van der Waals surface area contributed by atoms with Crippen molar-refractivity contribution < 1.29 is 4.39 Å². The fourth-order valence-corrected chi connectivity index (χ4v) is 1.63. The summed E-state index contributed by atoms with van der Waals surface area (Å²) in [6.07, 6.45) is 1.05. The Bertz CT molecular complexity index is 309. The lowest BCUT2D eigenvalue weighted by Gasteiger charge is -2.03. The Hall–Kier alpha value is -0.890. The van der Waals surface area contributed by atoms with E-state index in [1.807, 2.05) is 13.0 Å². The van der Waals surface area contributed by atoms with E-state index in [1.54, 1.807) is 6.07 Å². The first-order valence-electron chi connectivity index (χ1n) is 4.20. The number of hydrogen-bond donors (Lipinski definition) is 1. The quantitative estimate of drug-likeness (QED) is 0.676. The molecule has 1 saturated carbocycles. The molecule has 0 radical (unpaired) electrons. The van der Waals surface area contributed by atoms with Crippen LogP contribution in [0, 0.1) is 12.7 Å².